The number of anilines is 1. The van der Waals surface area contributed by atoms with Crippen LogP contribution >= 0.6 is 0 Å². The van der Waals surface area contributed by atoms with Crippen molar-refractivity contribution in [2.75, 3.05) is 18.4 Å². The number of nitrogens with zero attached hydrogens (tertiary/aromatic N) is 3. The van der Waals surface area contributed by atoms with Crippen molar-refractivity contribution in [2.24, 2.45) is 0 Å². The third-order valence-corrected chi connectivity index (χ3v) is 4.95. The number of carbonyl (C=O) groups is 1. The fraction of sp³-hybridized carbons (Fsp3) is 0.250. The maximum atomic E-state index is 14.0. The molecule has 0 aliphatic rings. The van der Waals surface area contributed by atoms with E-state index in [0.717, 1.165) is 22.8 Å². The van der Waals surface area contributed by atoms with Crippen molar-refractivity contribution in [3.8, 4) is 5.69 Å². The second kappa shape index (κ2) is 9.98. The monoisotopic (exact) mass is 406 g/mol. The molecule has 0 fully saturated rings. The van der Waals surface area contributed by atoms with E-state index in [-0.39, 0.29) is 18.1 Å². The predicted molar refractivity (Wildman–Crippen MR) is 118 cm³/mol. The topological polar surface area (TPSA) is 50.2 Å². The van der Waals surface area contributed by atoms with E-state index in [2.05, 4.69) is 17.0 Å². The lowest BCUT2D eigenvalue weighted by atomic mass is 10.2. The molecule has 0 aliphatic carbocycles. The number of halogens is 1. The predicted octanol–water partition coefficient (Wildman–Crippen LogP) is 4.65. The smallest absolute Gasteiger partial charge is 0.225 e. The van der Waals surface area contributed by atoms with Crippen molar-refractivity contribution in [2.45, 2.75) is 26.8 Å². The third kappa shape index (κ3) is 5.21. The van der Waals surface area contributed by atoms with Crippen molar-refractivity contribution in [3.63, 3.8) is 0 Å². The van der Waals surface area contributed by atoms with E-state index in [1.807, 2.05) is 59.8 Å². The average molecular weight is 407 g/mol. The first-order valence-electron chi connectivity index (χ1n) is 9.97. The molecule has 0 spiro atoms. The van der Waals surface area contributed by atoms with Gasteiger partial charge in [0.2, 0.25) is 5.91 Å². The van der Waals surface area contributed by atoms with E-state index in [9.17, 15) is 9.18 Å². The van der Waals surface area contributed by atoms with Gasteiger partial charge in [-0.15, -0.1) is 6.58 Å². The van der Waals surface area contributed by atoms with Gasteiger partial charge < -0.3 is 5.32 Å². The molecule has 156 valence electrons. The lowest BCUT2D eigenvalue weighted by Gasteiger charge is -2.20. The maximum absolute atomic E-state index is 14.0. The minimum atomic E-state index is -0.240. The van der Waals surface area contributed by atoms with Crippen LogP contribution in [-0.4, -0.2) is 33.7 Å². The molecule has 2 aromatic carbocycles. The first-order valence-corrected chi connectivity index (χ1v) is 9.97. The Hall–Kier alpha value is -3.25. The van der Waals surface area contributed by atoms with Crippen LogP contribution in [0.2, 0.25) is 0 Å². The number of aromatic nitrogens is 2. The van der Waals surface area contributed by atoms with Gasteiger partial charge in [-0.05, 0) is 32.0 Å². The van der Waals surface area contributed by atoms with Gasteiger partial charge in [-0.2, -0.15) is 5.10 Å². The SMILES string of the molecule is C=CCN(CCC(=O)Nc1c(C)nn(-c2ccccc2)c1C)Cc1ccccc1F. The highest BCUT2D eigenvalue weighted by Gasteiger charge is 2.16. The highest BCUT2D eigenvalue weighted by molar-refractivity contribution is 5.92. The van der Waals surface area contributed by atoms with Crippen LogP contribution in [-0.2, 0) is 11.3 Å². The Labute approximate surface area is 176 Å². The summed E-state index contributed by atoms with van der Waals surface area (Å²) >= 11 is 0. The van der Waals surface area contributed by atoms with Crippen LogP contribution in [0.25, 0.3) is 5.69 Å². The maximum Gasteiger partial charge on any atom is 0.225 e. The van der Waals surface area contributed by atoms with E-state index < -0.39 is 0 Å². The molecule has 1 heterocycles. The first kappa shape index (κ1) is 21.5. The minimum absolute atomic E-state index is 0.101. The van der Waals surface area contributed by atoms with Gasteiger partial charge in [0, 0.05) is 31.6 Å². The number of amides is 1. The lowest BCUT2D eigenvalue weighted by molar-refractivity contribution is -0.116. The lowest BCUT2D eigenvalue weighted by Crippen LogP contribution is -2.28. The van der Waals surface area contributed by atoms with Crippen molar-refractivity contribution >= 4 is 11.6 Å². The molecule has 0 aliphatic heterocycles. The summed E-state index contributed by atoms with van der Waals surface area (Å²) in [7, 11) is 0. The molecule has 0 saturated heterocycles. The molecule has 0 unspecified atom stereocenters. The molecule has 0 bridgehead atoms. The molecule has 5 nitrogen and oxygen atoms in total. The Morgan fingerprint density at radius 1 is 1.17 bits per heavy atom. The summed E-state index contributed by atoms with van der Waals surface area (Å²) in [5.74, 6) is -0.341. The molecule has 30 heavy (non-hydrogen) atoms. The Morgan fingerprint density at radius 3 is 2.57 bits per heavy atom. The number of hydrogen-bond acceptors (Lipinski definition) is 3. The number of aryl methyl sites for hydroxylation is 1. The number of nitrogens with one attached hydrogen (secondary N) is 1. The van der Waals surface area contributed by atoms with Crippen LogP contribution in [0.5, 0.6) is 0 Å². The van der Waals surface area contributed by atoms with E-state index in [1.165, 1.54) is 6.07 Å². The number of hydrogen-bond donors (Lipinski definition) is 1. The van der Waals surface area contributed by atoms with Crippen molar-refractivity contribution < 1.29 is 9.18 Å². The molecule has 0 saturated carbocycles. The van der Waals surface area contributed by atoms with Gasteiger partial charge in [0.1, 0.15) is 5.82 Å². The molecule has 1 aromatic heterocycles. The Kier molecular flexibility index (Phi) is 7.14. The summed E-state index contributed by atoms with van der Waals surface area (Å²) in [6.45, 7) is 9.08. The average Bonchev–Trinajstić information content (AvgIpc) is 3.02. The van der Waals surface area contributed by atoms with E-state index in [0.29, 0.717) is 25.2 Å². The van der Waals surface area contributed by atoms with Gasteiger partial charge in [-0.3, -0.25) is 9.69 Å². The standard InChI is InChI=1S/C24H27FN4O/c1-4-15-28(17-20-10-8-9-13-22(20)25)16-14-23(30)26-24-18(2)27-29(19(24)3)21-11-6-5-7-12-21/h4-13H,1,14-17H2,2-3H3,(H,26,30). The fourth-order valence-electron chi connectivity index (χ4n) is 3.39. The van der Waals surface area contributed by atoms with E-state index in [1.54, 1.807) is 18.2 Å². The summed E-state index contributed by atoms with van der Waals surface area (Å²) in [4.78, 5) is 14.6. The van der Waals surface area contributed by atoms with E-state index >= 15 is 0 Å². The molecule has 0 radical (unpaired) electrons. The molecule has 1 amide bonds. The summed E-state index contributed by atoms with van der Waals surface area (Å²) in [5.41, 5.74) is 3.92. The highest BCUT2D eigenvalue weighted by atomic mass is 19.1. The molecule has 1 N–H and O–H groups in total. The van der Waals surface area contributed by atoms with Crippen LogP contribution in [0.15, 0.2) is 67.3 Å². The normalized spacial score (nSPS) is 10.9. The summed E-state index contributed by atoms with van der Waals surface area (Å²) in [6, 6.07) is 16.5. The van der Waals surface area contributed by atoms with Crippen LogP contribution in [0.4, 0.5) is 10.1 Å². The van der Waals surface area contributed by atoms with Crippen molar-refractivity contribution in [3.05, 3.63) is 90.0 Å². The Morgan fingerprint density at radius 2 is 1.87 bits per heavy atom. The van der Waals surface area contributed by atoms with Crippen LogP contribution in [0.1, 0.15) is 23.4 Å². The van der Waals surface area contributed by atoms with Crippen LogP contribution in [0, 0.1) is 19.7 Å². The second-order valence-corrected chi connectivity index (χ2v) is 7.21. The Balaban J connectivity index is 1.64. The number of benzene rings is 2. The van der Waals surface area contributed by atoms with Gasteiger partial charge in [0.25, 0.3) is 0 Å². The molecular formula is C24H27FN4O. The molecule has 6 heteroatoms. The fourth-order valence-corrected chi connectivity index (χ4v) is 3.39. The Bertz CT molecular complexity index is 1010. The minimum Gasteiger partial charge on any atom is -0.323 e. The number of rotatable bonds is 9. The molecule has 3 rings (SSSR count). The zero-order chi connectivity index (χ0) is 21.5. The van der Waals surface area contributed by atoms with Crippen LogP contribution < -0.4 is 5.32 Å². The number of para-hydroxylation sites is 1. The largest absolute Gasteiger partial charge is 0.323 e. The van der Waals surface area contributed by atoms with Gasteiger partial charge in [-0.25, -0.2) is 9.07 Å². The van der Waals surface area contributed by atoms with Gasteiger partial charge in [0.05, 0.1) is 22.8 Å². The first-order chi connectivity index (χ1) is 14.5. The van der Waals surface area contributed by atoms with Crippen molar-refractivity contribution in [1.82, 2.24) is 14.7 Å². The quantitative estimate of drug-likeness (QED) is 0.527. The van der Waals surface area contributed by atoms with Crippen molar-refractivity contribution in [1.29, 1.82) is 0 Å². The van der Waals surface area contributed by atoms with Gasteiger partial charge in [-0.1, -0.05) is 42.5 Å². The second-order valence-electron chi connectivity index (χ2n) is 7.21. The zero-order valence-electron chi connectivity index (χ0n) is 17.4. The zero-order valence-corrected chi connectivity index (χ0v) is 17.4. The summed E-state index contributed by atoms with van der Waals surface area (Å²) < 4.78 is 15.8. The summed E-state index contributed by atoms with van der Waals surface area (Å²) in [5, 5.41) is 7.55. The molecule has 3 aromatic rings. The number of carbonyl (C=O) groups excluding carboxylic acids is 1. The molecular weight excluding hydrogens is 379 g/mol. The highest BCUT2D eigenvalue weighted by Crippen LogP contribution is 2.23. The molecule has 0 atom stereocenters. The van der Waals surface area contributed by atoms with E-state index in [4.69, 9.17) is 0 Å². The summed E-state index contributed by atoms with van der Waals surface area (Å²) in [6.07, 6.45) is 2.05. The van der Waals surface area contributed by atoms with Gasteiger partial charge in [0.15, 0.2) is 0 Å². The van der Waals surface area contributed by atoms with Crippen LogP contribution in [0.3, 0.4) is 0 Å². The third-order valence-electron chi connectivity index (χ3n) is 4.95. The van der Waals surface area contributed by atoms with Gasteiger partial charge >= 0.3 is 0 Å².